The van der Waals surface area contributed by atoms with E-state index >= 15 is 0 Å². The minimum absolute atomic E-state index is 0.182. The molecule has 1 aliphatic rings. The van der Waals surface area contributed by atoms with Crippen LogP contribution in [0.3, 0.4) is 0 Å². The zero-order chi connectivity index (χ0) is 15.4. The molecule has 0 bridgehead atoms. The molecule has 0 amide bonds. The van der Waals surface area contributed by atoms with Crippen molar-refractivity contribution in [2.24, 2.45) is 0 Å². The normalized spacial score (nSPS) is 12.4. The Labute approximate surface area is 127 Å². The number of fused-ring (bicyclic) bond motifs is 1. The lowest BCUT2D eigenvalue weighted by Gasteiger charge is -2.04. The van der Waals surface area contributed by atoms with Crippen LogP contribution in [-0.4, -0.2) is 24.5 Å². The highest BCUT2D eigenvalue weighted by Crippen LogP contribution is 2.32. The number of hydrogen-bond donors (Lipinski definition) is 1. The Bertz CT molecular complexity index is 668. The Morgan fingerprint density at radius 1 is 1.27 bits per heavy atom. The first-order valence-electron chi connectivity index (χ1n) is 6.98. The number of carbonyl (C=O) groups excluding carboxylic acids is 1. The van der Waals surface area contributed by atoms with E-state index in [1.807, 2.05) is 18.2 Å². The van der Waals surface area contributed by atoms with Gasteiger partial charge in [0.05, 0.1) is 13.2 Å². The molecule has 2 aromatic rings. The van der Waals surface area contributed by atoms with E-state index < -0.39 is 5.97 Å². The van der Waals surface area contributed by atoms with Crippen LogP contribution in [0.5, 0.6) is 11.5 Å². The Hall–Kier alpha value is -2.54. The Balaban J connectivity index is 1.52. The molecular weight excluding hydrogens is 288 g/mol. The molecule has 1 aliphatic heterocycles. The topological polar surface area (TPSA) is 82.8 Å². The van der Waals surface area contributed by atoms with Crippen LogP contribution < -0.4 is 14.8 Å². The molecule has 0 atom stereocenters. The molecule has 2 heterocycles. The second-order valence-electron chi connectivity index (χ2n) is 4.69. The molecule has 0 unspecified atom stereocenters. The summed E-state index contributed by atoms with van der Waals surface area (Å²) in [5.41, 5.74) is 1.25. The third-order valence-electron chi connectivity index (χ3n) is 3.11. The van der Waals surface area contributed by atoms with Crippen LogP contribution in [-0.2, 0) is 17.8 Å². The van der Waals surface area contributed by atoms with Gasteiger partial charge in [-0.15, -0.1) is 0 Å². The minimum atomic E-state index is -0.478. The summed E-state index contributed by atoms with van der Waals surface area (Å²) < 4.78 is 20.5. The zero-order valence-electron chi connectivity index (χ0n) is 12.1. The quantitative estimate of drug-likeness (QED) is 0.816. The number of ether oxygens (including phenoxy) is 3. The maximum Gasteiger partial charge on any atom is 0.360 e. The van der Waals surface area contributed by atoms with Crippen molar-refractivity contribution in [1.82, 2.24) is 10.5 Å². The molecule has 0 fully saturated rings. The fourth-order valence-corrected chi connectivity index (χ4v) is 2.08. The largest absolute Gasteiger partial charge is 0.461 e. The lowest BCUT2D eigenvalue weighted by Crippen LogP contribution is -2.12. The van der Waals surface area contributed by atoms with Crippen molar-refractivity contribution in [1.29, 1.82) is 0 Å². The van der Waals surface area contributed by atoms with Crippen LogP contribution in [0.25, 0.3) is 0 Å². The van der Waals surface area contributed by atoms with Gasteiger partial charge in [0.1, 0.15) is 0 Å². The number of esters is 1. The van der Waals surface area contributed by atoms with Crippen molar-refractivity contribution in [2.45, 2.75) is 20.0 Å². The highest BCUT2D eigenvalue weighted by Gasteiger charge is 2.14. The summed E-state index contributed by atoms with van der Waals surface area (Å²) in [5, 5.41) is 6.89. The van der Waals surface area contributed by atoms with E-state index in [-0.39, 0.29) is 12.5 Å². The fourth-order valence-electron chi connectivity index (χ4n) is 2.08. The molecule has 7 heteroatoms. The number of benzene rings is 1. The molecule has 0 saturated carbocycles. The van der Waals surface area contributed by atoms with Crippen molar-refractivity contribution < 1.29 is 23.5 Å². The molecule has 7 nitrogen and oxygen atoms in total. The van der Waals surface area contributed by atoms with Gasteiger partial charge in [-0.05, 0) is 24.6 Å². The number of hydrogen-bond acceptors (Lipinski definition) is 7. The third-order valence-corrected chi connectivity index (χ3v) is 3.11. The number of nitrogens with zero attached hydrogens (tertiary/aromatic N) is 1. The van der Waals surface area contributed by atoms with E-state index in [1.54, 1.807) is 13.0 Å². The molecule has 22 heavy (non-hydrogen) atoms. The lowest BCUT2D eigenvalue weighted by molar-refractivity contribution is 0.0514. The van der Waals surface area contributed by atoms with Gasteiger partial charge in [0, 0.05) is 12.6 Å². The predicted octanol–water partition coefficient (Wildman–Crippen LogP) is 1.87. The molecule has 1 N–H and O–H groups in total. The predicted molar refractivity (Wildman–Crippen MR) is 75.6 cm³/mol. The highest BCUT2D eigenvalue weighted by molar-refractivity contribution is 5.87. The maximum atomic E-state index is 11.5. The Morgan fingerprint density at radius 2 is 2.14 bits per heavy atom. The summed E-state index contributed by atoms with van der Waals surface area (Å²) >= 11 is 0. The van der Waals surface area contributed by atoms with Crippen molar-refractivity contribution in [3.05, 3.63) is 41.3 Å². The Kier molecular flexibility index (Phi) is 4.24. The Morgan fingerprint density at radius 3 is 3.00 bits per heavy atom. The van der Waals surface area contributed by atoms with Gasteiger partial charge in [-0.2, -0.15) is 0 Å². The van der Waals surface area contributed by atoms with Gasteiger partial charge in [0.2, 0.25) is 6.79 Å². The first-order chi connectivity index (χ1) is 10.8. The van der Waals surface area contributed by atoms with Gasteiger partial charge < -0.3 is 24.1 Å². The van der Waals surface area contributed by atoms with Gasteiger partial charge in [-0.1, -0.05) is 11.2 Å². The van der Waals surface area contributed by atoms with E-state index in [0.717, 1.165) is 17.1 Å². The van der Waals surface area contributed by atoms with Crippen LogP contribution >= 0.6 is 0 Å². The molecule has 0 spiro atoms. The maximum absolute atomic E-state index is 11.5. The van der Waals surface area contributed by atoms with Gasteiger partial charge in [-0.25, -0.2) is 4.79 Å². The van der Waals surface area contributed by atoms with Crippen LogP contribution in [0, 0.1) is 0 Å². The number of nitrogens with one attached hydrogen (secondary N) is 1. The summed E-state index contributed by atoms with van der Waals surface area (Å²) in [7, 11) is 0. The molecule has 0 radical (unpaired) electrons. The summed E-state index contributed by atoms with van der Waals surface area (Å²) in [5.74, 6) is 1.61. The molecule has 1 aromatic heterocycles. The van der Waals surface area contributed by atoms with Crippen LogP contribution in [0.4, 0.5) is 0 Å². The van der Waals surface area contributed by atoms with Gasteiger partial charge >= 0.3 is 5.97 Å². The van der Waals surface area contributed by atoms with Crippen LogP contribution in [0.15, 0.2) is 28.8 Å². The second-order valence-corrected chi connectivity index (χ2v) is 4.69. The van der Waals surface area contributed by atoms with Gasteiger partial charge in [0.25, 0.3) is 0 Å². The monoisotopic (exact) mass is 304 g/mol. The molecular formula is C15H16N2O5. The third kappa shape index (κ3) is 3.20. The molecule has 0 aliphatic carbocycles. The minimum Gasteiger partial charge on any atom is -0.461 e. The molecule has 116 valence electrons. The van der Waals surface area contributed by atoms with E-state index in [4.69, 9.17) is 18.7 Å². The molecule has 1 aromatic carbocycles. The summed E-state index contributed by atoms with van der Waals surface area (Å²) in [6, 6.07) is 7.35. The van der Waals surface area contributed by atoms with Crippen LogP contribution in [0.1, 0.15) is 28.7 Å². The summed E-state index contributed by atoms with van der Waals surface area (Å²) in [6.07, 6.45) is 0. The molecule has 0 saturated heterocycles. The SMILES string of the molecule is CCOC(=O)c1cc(CNCc2ccc3c(c2)OCO3)on1. The average molecular weight is 304 g/mol. The van der Waals surface area contributed by atoms with Crippen molar-refractivity contribution in [3.63, 3.8) is 0 Å². The van der Waals surface area contributed by atoms with E-state index in [2.05, 4.69) is 10.5 Å². The smallest absolute Gasteiger partial charge is 0.360 e. The summed E-state index contributed by atoms with van der Waals surface area (Å²) in [6.45, 7) is 3.41. The second kappa shape index (κ2) is 6.48. The van der Waals surface area contributed by atoms with Crippen LogP contribution in [0.2, 0.25) is 0 Å². The van der Waals surface area contributed by atoms with Gasteiger partial charge in [0.15, 0.2) is 23.0 Å². The van der Waals surface area contributed by atoms with E-state index in [1.165, 1.54) is 0 Å². The van der Waals surface area contributed by atoms with E-state index in [9.17, 15) is 4.79 Å². The first kappa shape index (κ1) is 14.4. The highest BCUT2D eigenvalue weighted by atomic mass is 16.7. The van der Waals surface area contributed by atoms with E-state index in [0.29, 0.717) is 25.5 Å². The zero-order valence-corrected chi connectivity index (χ0v) is 12.1. The standard InChI is InChI=1S/C15H16N2O5/c1-2-19-15(18)12-6-11(22-17-12)8-16-7-10-3-4-13-14(5-10)21-9-20-13/h3-6,16H,2,7-9H2,1H3. The van der Waals surface area contributed by atoms with Crippen molar-refractivity contribution >= 4 is 5.97 Å². The van der Waals surface area contributed by atoms with Gasteiger partial charge in [-0.3, -0.25) is 0 Å². The lowest BCUT2D eigenvalue weighted by atomic mass is 10.2. The number of aromatic nitrogens is 1. The number of rotatable bonds is 6. The number of carbonyl (C=O) groups is 1. The first-order valence-corrected chi connectivity index (χ1v) is 6.98. The fraction of sp³-hybridized carbons (Fsp3) is 0.333. The van der Waals surface area contributed by atoms with Crippen molar-refractivity contribution in [3.8, 4) is 11.5 Å². The average Bonchev–Trinajstić information content (AvgIpc) is 3.15. The summed E-state index contributed by atoms with van der Waals surface area (Å²) in [4.78, 5) is 11.5. The molecule has 3 rings (SSSR count). The van der Waals surface area contributed by atoms with Crippen molar-refractivity contribution in [2.75, 3.05) is 13.4 Å².